The van der Waals surface area contributed by atoms with Gasteiger partial charge in [0.05, 0.1) is 24.9 Å². The smallest absolute Gasteiger partial charge is 0.339 e. The SMILES string of the molecule is COC(=O)c1c(C)[nH]c(C(=O)N(C)Cc2cn(Cc3ccccc3Cl)nc2-c2ccccc2)c1C. The van der Waals surface area contributed by atoms with E-state index in [1.54, 1.807) is 25.8 Å². The number of methoxy groups -OCH3 is 1. The maximum atomic E-state index is 13.3. The van der Waals surface area contributed by atoms with Gasteiger partial charge in [-0.2, -0.15) is 5.10 Å². The Morgan fingerprint density at radius 1 is 1.06 bits per heavy atom. The Morgan fingerprint density at radius 2 is 1.74 bits per heavy atom. The second kappa shape index (κ2) is 10.2. The number of amides is 1. The molecule has 0 saturated heterocycles. The fourth-order valence-corrected chi connectivity index (χ4v) is 4.39. The zero-order valence-electron chi connectivity index (χ0n) is 20.1. The van der Waals surface area contributed by atoms with Crippen molar-refractivity contribution < 1.29 is 14.3 Å². The van der Waals surface area contributed by atoms with Crippen molar-refractivity contribution in [1.82, 2.24) is 19.7 Å². The molecule has 0 radical (unpaired) electrons. The third kappa shape index (κ3) is 5.00. The lowest BCUT2D eigenvalue weighted by Gasteiger charge is -2.17. The number of aromatic nitrogens is 3. The van der Waals surface area contributed by atoms with Crippen LogP contribution in [0.4, 0.5) is 0 Å². The van der Waals surface area contributed by atoms with E-state index >= 15 is 0 Å². The summed E-state index contributed by atoms with van der Waals surface area (Å²) in [5, 5.41) is 5.50. The van der Waals surface area contributed by atoms with Crippen molar-refractivity contribution in [3.63, 3.8) is 0 Å². The quantitative estimate of drug-likeness (QED) is 0.358. The highest BCUT2D eigenvalue weighted by atomic mass is 35.5. The zero-order chi connectivity index (χ0) is 25.1. The highest BCUT2D eigenvalue weighted by molar-refractivity contribution is 6.31. The lowest BCUT2D eigenvalue weighted by Crippen LogP contribution is -2.27. The molecule has 0 fully saturated rings. The molecule has 0 unspecified atom stereocenters. The number of hydrogen-bond donors (Lipinski definition) is 1. The van der Waals surface area contributed by atoms with Gasteiger partial charge < -0.3 is 14.6 Å². The molecule has 0 atom stereocenters. The van der Waals surface area contributed by atoms with E-state index in [2.05, 4.69) is 4.98 Å². The number of aromatic amines is 1. The molecule has 0 bridgehead atoms. The number of benzene rings is 2. The summed E-state index contributed by atoms with van der Waals surface area (Å²) in [5.74, 6) is -0.691. The van der Waals surface area contributed by atoms with Crippen LogP contribution in [0, 0.1) is 13.8 Å². The van der Waals surface area contributed by atoms with E-state index in [4.69, 9.17) is 21.4 Å². The summed E-state index contributed by atoms with van der Waals surface area (Å²) in [6, 6.07) is 17.5. The minimum atomic E-state index is -0.467. The van der Waals surface area contributed by atoms with Crippen molar-refractivity contribution in [2.45, 2.75) is 26.9 Å². The molecule has 1 N–H and O–H groups in total. The van der Waals surface area contributed by atoms with Gasteiger partial charge in [0.1, 0.15) is 5.69 Å². The van der Waals surface area contributed by atoms with Crippen molar-refractivity contribution >= 4 is 23.5 Å². The van der Waals surface area contributed by atoms with Crippen LogP contribution in [0.5, 0.6) is 0 Å². The van der Waals surface area contributed by atoms with Crippen molar-refractivity contribution in [2.24, 2.45) is 0 Å². The Labute approximate surface area is 209 Å². The summed E-state index contributed by atoms with van der Waals surface area (Å²) in [5.41, 5.74) is 5.55. The highest BCUT2D eigenvalue weighted by Gasteiger charge is 2.25. The van der Waals surface area contributed by atoms with Crippen LogP contribution in [-0.2, 0) is 17.8 Å². The number of carbonyl (C=O) groups is 2. The summed E-state index contributed by atoms with van der Waals surface area (Å²) >= 11 is 6.36. The van der Waals surface area contributed by atoms with E-state index in [-0.39, 0.29) is 5.91 Å². The van der Waals surface area contributed by atoms with Crippen molar-refractivity contribution in [2.75, 3.05) is 14.2 Å². The molecule has 4 aromatic rings. The van der Waals surface area contributed by atoms with E-state index < -0.39 is 5.97 Å². The fourth-order valence-electron chi connectivity index (χ4n) is 4.19. The second-order valence-electron chi connectivity index (χ2n) is 8.44. The van der Waals surface area contributed by atoms with E-state index in [1.807, 2.05) is 65.5 Å². The maximum absolute atomic E-state index is 13.3. The molecule has 0 spiro atoms. The summed E-state index contributed by atoms with van der Waals surface area (Å²) in [4.78, 5) is 30.1. The highest BCUT2D eigenvalue weighted by Crippen LogP contribution is 2.26. The third-order valence-electron chi connectivity index (χ3n) is 5.97. The van der Waals surface area contributed by atoms with Crippen LogP contribution in [0.2, 0.25) is 5.02 Å². The Kier molecular flexibility index (Phi) is 7.07. The first kappa shape index (κ1) is 24.3. The molecule has 0 aliphatic rings. The van der Waals surface area contributed by atoms with E-state index in [9.17, 15) is 9.59 Å². The van der Waals surface area contributed by atoms with Gasteiger partial charge in [0.15, 0.2) is 0 Å². The van der Waals surface area contributed by atoms with Gasteiger partial charge >= 0.3 is 5.97 Å². The number of hydrogen-bond acceptors (Lipinski definition) is 4. The molecule has 4 rings (SSSR count). The lowest BCUT2D eigenvalue weighted by molar-refractivity contribution is 0.0599. The molecular formula is C27H27ClN4O3. The molecule has 0 aliphatic heterocycles. The molecule has 2 aromatic heterocycles. The molecule has 0 saturated carbocycles. The van der Waals surface area contributed by atoms with Crippen molar-refractivity contribution in [3.8, 4) is 11.3 Å². The molecule has 7 nitrogen and oxygen atoms in total. The fraction of sp³-hybridized carbons (Fsp3) is 0.222. The summed E-state index contributed by atoms with van der Waals surface area (Å²) < 4.78 is 6.71. The minimum absolute atomic E-state index is 0.224. The van der Waals surface area contributed by atoms with E-state index in [0.717, 1.165) is 22.4 Å². The van der Waals surface area contributed by atoms with Gasteiger partial charge in [-0.3, -0.25) is 9.48 Å². The molecule has 35 heavy (non-hydrogen) atoms. The normalized spacial score (nSPS) is 10.9. The van der Waals surface area contributed by atoms with Crippen molar-refractivity contribution in [1.29, 1.82) is 0 Å². The average Bonchev–Trinajstić information content (AvgIpc) is 3.39. The molecular weight excluding hydrogens is 464 g/mol. The van der Waals surface area contributed by atoms with E-state index in [0.29, 0.717) is 40.6 Å². The monoisotopic (exact) mass is 490 g/mol. The molecule has 2 aromatic carbocycles. The van der Waals surface area contributed by atoms with Crippen LogP contribution in [0.1, 0.15) is 43.2 Å². The Bertz CT molecular complexity index is 1370. The van der Waals surface area contributed by atoms with Crippen LogP contribution in [0.25, 0.3) is 11.3 Å². The number of H-pyrrole nitrogens is 1. The molecule has 180 valence electrons. The van der Waals surface area contributed by atoms with E-state index in [1.165, 1.54) is 7.11 Å². The Morgan fingerprint density at radius 3 is 2.43 bits per heavy atom. The van der Waals surface area contributed by atoms with Gasteiger partial charge in [-0.25, -0.2) is 4.79 Å². The molecule has 0 aliphatic carbocycles. The van der Waals surface area contributed by atoms with Gasteiger partial charge in [0.25, 0.3) is 5.91 Å². The van der Waals surface area contributed by atoms with Gasteiger partial charge in [-0.15, -0.1) is 0 Å². The minimum Gasteiger partial charge on any atom is -0.465 e. The number of carbonyl (C=O) groups excluding carboxylic acids is 2. The van der Waals surface area contributed by atoms with Crippen molar-refractivity contribution in [3.05, 3.63) is 99.5 Å². The maximum Gasteiger partial charge on any atom is 0.339 e. The van der Waals surface area contributed by atoms with Gasteiger partial charge in [-0.1, -0.05) is 60.1 Å². The first-order valence-corrected chi connectivity index (χ1v) is 11.6. The van der Waals surface area contributed by atoms with Crippen LogP contribution in [0.3, 0.4) is 0 Å². The second-order valence-corrected chi connectivity index (χ2v) is 8.84. The summed E-state index contributed by atoms with van der Waals surface area (Å²) in [7, 11) is 3.06. The van der Waals surface area contributed by atoms with Crippen LogP contribution >= 0.6 is 11.6 Å². The average molecular weight is 491 g/mol. The first-order valence-electron chi connectivity index (χ1n) is 11.2. The predicted molar refractivity (Wildman–Crippen MR) is 136 cm³/mol. The summed E-state index contributed by atoms with van der Waals surface area (Å²) in [6.07, 6.45) is 1.95. The summed E-state index contributed by atoms with van der Waals surface area (Å²) in [6.45, 7) is 4.33. The number of halogens is 1. The lowest BCUT2D eigenvalue weighted by atomic mass is 10.1. The van der Waals surface area contributed by atoms with Gasteiger partial charge in [0.2, 0.25) is 0 Å². The zero-order valence-corrected chi connectivity index (χ0v) is 20.9. The Balaban J connectivity index is 1.65. The van der Waals surface area contributed by atoms with Gasteiger partial charge in [0, 0.05) is 41.6 Å². The number of esters is 1. The predicted octanol–water partition coefficient (Wildman–Crippen LogP) is 5.26. The topological polar surface area (TPSA) is 80.2 Å². The number of ether oxygens (including phenoxy) is 1. The number of nitrogens with one attached hydrogen (secondary N) is 1. The third-order valence-corrected chi connectivity index (χ3v) is 6.34. The largest absolute Gasteiger partial charge is 0.465 e. The van der Waals surface area contributed by atoms with Gasteiger partial charge in [-0.05, 0) is 31.0 Å². The number of rotatable bonds is 7. The van der Waals surface area contributed by atoms with Crippen LogP contribution in [0.15, 0.2) is 60.8 Å². The molecule has 8 heteroatoms. The number of aryl methyl sites for hydroxylation is 1. The number of nitrogens with zero attached hydrogens (tertiary/aromatic N) is 3. The Hall–Kier alpha value is -3.84. The molecule has 1 amide bonds. The first-order chi connectivity index (χ1) is 16.8. The molecule has 2 heterocycles. The standard InChI is InChI=1S/C27H27ClN4O3/c1-17-23(27(34)35-4)18(2)29-24(17)26(33)31(3)14-21-16-32(15-20-12-8-9-13-22(20)28)30-25(21)19-10-6-5-7-11-19/h5-13,16,29H,14-15H2,1-4H3. The van der Waals surface area contributed by atoms with Crippen LogP contribution < -0.4 is 0 Å². The van der Waals surface area contributed by atoms with Crippen LogP contribution in [-0.4, -0.2) is 45.7 Å².